The van der Waals surface area contributed by atoms with Crippen LogP contribution in [0, 0.1) is 0 Å². The second-order valence-corrected chi connectivity index (χ2v) is 5.89. The minimum atomic E-state index is -4.37. The van der Waals surface area contributed by atoms with E-state index < -0.39 is 11.7 Å². The topological polar surface area (TPSA) is 62.4 Å². The zero-order valence-corrected chi connectivity index (χ0v) is 13.0. The van der Waals surface area contributed by atoms with E-state index in [1.807, 2.05) is 0 Å². The van der Waals surface area contributed by atoms with Gasteiger partial charge in [-0.25, -0.2) is 0 Å². The molecule has 0 spiro atoms. The van der Waals surface area contributed by atoms with Gasteiger partial charge in [0, 0.05) is 11.6 Å². The average molecular weight is 341 g/mol. The molecule has 0 amide bonds. The van der Waals surface area contributed by atoms with E-state index in [4.69, 9.17) is 4.52 Å². The fourth-order valence-corrected chi connectivity index (χ4v) is 2.89. The minimum Gasteiger partial charge on any atom is -0.395 e. The number of alkyl halides is 3. The van der Waals surface area contributed by atoms with Gasteiger partial charge in [0.25, 0.3) is 0 Å². The molecule has 5 nitrogen and oxygen atoms in total. The lowest BCUT2D eigenvalue weighted by molar-refractivity contribution is -0.137. The van der Waals surface area contributed by atoms with Crippen molar-refractivity contribution < 1.29 is 22.8 Å². The predicted octanol–water partition coefficient (Wildman–Crippen LogP) is 3.10. The highest BCUT2D eigenvalue weighted by atomic mass is 19.4. The summed E-state index contributed by atoms with van der Waals surface area (Å²) in [5, 5.41) is 13.3. The number of halogens is 3. The Morgan fingerprint density at radius 1 is 1.21 bits per heavy atom. The normalized spacial score (nSPS) is 19.6. The molecule has 130 valence electrons. The molecule has 0 saturated carbocycles. The van der Waals surface area contributed by atoms with E-state index in [1.165, 1.54) is 12.1 Å². The largest absolute Gasteiger partial charge is 0.416 e. The van der Waals surface area contributed by atoms with E-state index in [2.05, 4.69) is 15.0 Å². The molecule has 1 aliphatic rings. The van der Waals surface area contributed by atoms with Crippen LogP contribution in [-0.2, 0) is 12.7 Å². The van der Waals surface area contributed by atoms with Crippen molar-refractivity contribution in [2.24, 2.45) is 0 Å². The van der Waals surface area contributed by atoms with Crippen molar-refractivity contribution in [1.82, 2.24) is 15.0 Å². The molecule has 0 aliphatic carbocycles. The Morgan fingerprint density at radius 3 is 2.62 bits per heavy atom. The number of aliphatic hydroxyl groups is 1. The number of hydrogen-bond acceptors (Lipinski definition) is 5. The van der Waals surface area contributed by atoms with Crippen molar-refractivity contribution in [2.45, 2.75) is 38.0 Å². The Balaban J connectivity index is 1.71. The molecule has 2 aromatic rings. The lowest BCUT2D eigenvalue weighted by Gasteiger charge is -2.33. The van der Waals surface area contributed by atoms with Gasteiger partial charge in [-0.15, -0.1) is 0 Å². The molecule has 1 aromatic carbocycles. The summed E-state index contributed by atoms with van der Waals surface area (Å²) in [5.41, 5.74) is -0.246. The van der Waals surface area contributed by atoms with Crippen LogP contribution in [0.15, 0.2) is 28.8 Å². The van der Waals surface area contributed by atoms with Crippen LogP contribution in [0.2, 0.25) is 0 Å². The van der Waals surface area contributed by atoms with Gasteiger partial charge < -0.3 is 9.63 Å². The summed E-state index contributed by atoms with van der Waals surface area (Å²) in [5.74, 6) is 0.654. The molecule has 1 aromatic heterocycles. The number of likely N-dealkylation sites (tertiary alicyclic amines) is 1. The van der Waals surface area contributed by atoms with Crippen molar-refractivity contribution in [3.63, 3.8) is 0 Å². The summed E-state index contributed by atoms with van der Waals surface area (Å²) in [6, 6.07) is 4.74. The average Bonchev–Trinajstić information content (AvgIpc) is 3.03. The van der Waals surface area contributed by atoms with Crippen molar-refractivity contribution in [2.75, 3.05) is 13.2 Å². The number of aromatic nitrogens is 2. The standard InChI is InChI=1S/C16H18F3N3O2/c17-16(18,19)12-6-4-11(5-7-12)15-20-14(24-21-15)9-22-8-2-1-3-13(22)10-23/h4-7,13,23H,1-3,8-10H2/t13-/m0/s1. The number of aliphatic hydroxyl groups excluding tert-OH is 1. The molecule has 2 heterocycles. The number of benzene rings is 1. The van der Waals surface area contributed by atoms with Crippen LogP contribution in [0.4, 0.5) is 13.2 Å². The van der Waals surface area contributed by atoms with Crippen molar-refractivity contribution in [1.29, 1.82) is 0 Å². The van der Waals surface area contributed by atoms with Gasteiger partial charge in [0.2, 0.25) is 11.7 Å². The fourth-order valence-electron chi connectivity index (χ4n) is 2.89. The molecule has 0 unspecified atom stereocenters. The number of nitrogens with zero attached hydrogens (tertiary/aromatic N) is 3. The van der Waals surface area contributed by atoms with Crippen LogP contribution in [0.25, 0.3) is 11.4 Å². The summed E-state index contributed by atoms with van der Waals surface area (Å²) in [4.78, 5) is 6.34. The molecule has 1 saturated heterocycles. The second-order valence-electron chi connectivity index (χ2n) is 5.89. The molecule has 0 radical (unpaired) electrons. The lowest BCUT2D eigenvalue weighted by atomic mass is 10.0. The number of rotatable bonds is 4. The summed E-state index contributed by atoms with van der Waals surface area (Å²) in [7, 11) is 0. The Hall–Kier alpha value is -1.93. The molecule has 1 N–H and O–H groups in total. The molecule has 1 fully saturated rings. The smallest absolute Gasteiger partial charge is 0.395 e. The molecule has 1 atom stereocenters. The van der Waals surface area contributed by atoms with Crippen molar-refractivity contribution >= 4 is 0 Å². The van der Waals surface area contributed by atoms with E-state index in [9.17, 15) is 18.3 Å². The molecule has 0 bridgehead atoms. The van der Waals surface area contributed by atoms with Crippen LogP contribution in [0.5, 0.6) is 0 Å². The third kappa shape index (κ3) is 3.76. The minimum absolute atomic E-state index is 0.0832. The predicted molar refractivity (Wildman–Crippen MR) is 79.9 cm³/mol. The first kappa shape index (κ1) is 16.9. The maximum atomic E-state index is 12.6. The van der Waals surface area contributed by atoms with Gasteiger partial charge >= 0.3 is 6.18 Å². The molecule has 3 rings (SSSR count). The van der Waals surface area contributed by atoms with Crippen LogP contribution in [0.1, 0.15) is 30.7 Å². The summed E-state index contributed by atoms with van der Waals surface area (Å²) in [6.07, 6.45) is -1.30. The first-order valence-corrected chi connectivity index (χ1v) is 7.82. The summed E-state index contributed by atoms with van der Waals surface area (Å²) in [6.45, 7) is 1.36. The van der Waals surface area contributed by atoms with Gasteiger partial charge in [0.15, 0.2) is 0 Å². The van der Waals surface area contributed by atoms with Gasteiger partial charge in [0.1, 0.15) is 0 Å². The lowest BCUT2D eigenvalue weighted by Crippen LogP contribution is -2.41. The van der Waals surface area contributed by atoms with Gasteiger partial charge in [-0.2, -0.15) is 18.2 Å². The van der Waals surface area contributed by atoms with E-state index in [0.717, 1.165) is 37.9 Å². The molecule has 8 heteroatoms. The highest BCUT2D eigenvalue weighted by Gasteiger charge is 2.30. The maximum absolute atomic E-state index is 12.6. The van der Waals surface area contributed by atoms with E-state index in [-0.39, 0.29) is 18.5 Å². The highest BCUT2D eigenvalue weighted by molar-refractivity contribution is 5.54. The fraction of sp³-hybridized carbons (Fsp3) is 0.500. The number of hydrogen-bond donors (Lipinski definition) is 1. The Kier molecular flexibility index (Phi) is 4.86. The van der Waals surface area contributed by atoms with Gasteiger partial charge in [-0.3, -0.25) is 4.90 Å². The highest BCUT2D eigenvalue weighted by Crippen LogP contribution is 2.30. The molecular weight excluding hydrogens is 323 g/mol. The summed E-state index contributed by atoms with van der Waals surface area (Å²) < 4.78 is 42.9. The van der Waals surface area contributed by atoms with Crippen LogP contribution < -0.4 is 0 Å². The van der Waals surface area contributed by atoms with E-state index in [0.29, 0.717) is 18.0 Å². The zero-order valence-electron chi connectivity index (χ0n) is 13.0. The Bertz CT molecular complexity index is 670. The van der Waals surface area contributed by atoms with Crippen LogP contribution >= 0.6 is 0 Å². The first-order valence-electron chi connectivity index (χ1n) is 7.82. The maximum Gasteiger partial charge on any atom is 0.416 e. The van der Waals surface area contributed by atoms with E-state index in [1.54, 1.807) is 0 Å². The Labute approximate surface area is 137 Å². The number of piperidine rings is 1. The monoisotopic (exact) mass is 341 g/mol. The van der Waals surface area contributed by atoms with Gasteiger partial charge in [-0.05, 0) is 31.5 Å². The second kappa shape index (κ2) is 6.90. The molecule has 1 aliphatic heterocycles. The van der Waals surface area contributed by atoms with Crippen LogP contribution in [-0.4, -0.2) is 39.3 Å². The van der Waals surface area contributed by atoms with E-state index >= 15 is 0 Å². The van der Waals surface area contributed by atoms with Crippen molar-refractivity contribution in [3.05, 3.63) is 35.7 Å². The van der Waals surface area contributed by atoms with Crippen LogP contribution in [0.3, 0.4) is 0 Å². The quantitative estimate of drug-likeness (QED) is 0.926. The van der Waals surface area contributed by atoms with Gasteiger partial charge in [-0.1, -0.05) is 23.7 Å². The third-order valence-electron chi connectivity index (χ3n) is 4.24. The summed E-state index contributed by atoms with van der Waals surface area (Å²) >= 11 is 0. The molecular formula is C16H18F3N3O2. The zero-order chi connectivity index (χ0) is 17.2. The van der Waals surface area contributed by atoms with Gasteiger partial charge in [0.05, 0.1) is 18.7 Å². The van der Waals surface area contributed by atoms with Crippen molar-refractivity contribution in [3.8, 4) is 11.4 Å². The Morgan fingerprint density at radius 2 is 1.96 bits per heavy atom. The SMILES string of the molecule is OC[C@@H]1CCCCN1Cc1nc(-c2ccc(C(F)(F)F)cc2)no1. The molecule has 24 heavy (non-hydrogen) atoms. The third-order valence-corrected chi connectivity index (χ3v) is 4.24. The first-order chi connectivity index (χ1) is 11.5.